The van der Waals surface area contributed by atoms with Gasteiger partial charge in [0.05, 0.1) is 6.10 Å². The van der Waals surface area contributed by atoms with Crippen LogP contribution in [0.15, 0.2) is 23.8 Å². The summed E-state index contributed by atoms with van der Waals surface area (Å²) in [5, 5.41) is 10.8. The van der Waals surface area contributed by atoms with E-state index < -0.39 is 75.0 Å². The largest absolute Gasteiger partial charge is 0.449 e. The summed E-state index contributed by atoms with van der Waals surface area (Å²) in [5.74, 6) is -3.26. The first-order valence-corrected chi connectivity index (χ1v) is 13.2. The summed E-state index contributed by atoms with van der Waals surface area (Å²) < 4.78 is 52.1. The molecule has 9 atom stereocenters. The summed E-state index contributed by atoms with van der Waals surface area (Å²) >= 11 is 0.403. The van der Waals surface area contributed by atoms with E-state index in [1.807, 2.05) is 0 Å². The average molecular weight is 515 g/mol. The molecule has 3 fully saturated rings. The van der Waals surface area contributed by atoms with Gasteiger partial charge < -0.3 is 9.84 Å². The summed E-state index contributed by atoms with van der Waals surface area (Å²) in [6.45, 7) is 6.69. The first kappa shape index (κ1) is 26.5. The molecule has 0 saturated heterocycles. The van der Waals surface area contributed by atoms with Gasteiger partial charge in [0.1, 0.15) is 12.2 Å². The predicted molar refractivity (Wildman–Crippen MR) is 125 cm³/mol. The maximum absolute atomic E-state index is 17.3. The lowest BCUT2D eigenvalue weighted by Gasteiger charge is -2.63. The number of carbonyl (C=O) groups is 3. The Morgan fingerprint density at radius 2 is 1.94 bits per heavy atom. The fourth-order valence-corrected chi connectivity index (χ4v) is 8.60. The van der Waals surface area contributed by atoms with E-state index in [0.717, 1.165) is 6.08 Å². The van der Waals surface area contributed by atoms with Crippen molar-refractivity contribution in [3.63, 3.8) is 0 Å². The highest BCUT2D eigenvalue weighted by molar-refractivity contribution is 8.13. The number of halogens is 3. The molecule has 4 aliphatic rings. The number of ether oxygens (including phenoxy) is 1. The van der Waals surface area contributed by atoms with Gasteiger partial charge in [-0.15, -0.1) is 0 Å². The van der Waals surface area contributed by atoms with Crippen molar-refractivity contribution >= 4 is 28.6 Å². The number of rotatable bonds is 5. The third-order valence-electron chi connectivity index (χ3n) is 9.39. The molecule has 194 valence electrons. The lowest BCUT2D eigenvalue weighted by Crippen LogP contribution is -2.70. The standard InChI is InChI=1S/C26H33F3O5S/c1-5-6-21(32)34-26(22(33)35-13-27)14(2)9-16-17-11-19(28)18-10-15(30)7-8-23(18,3)25(17,29)20(31)12-24(16,26)4/h7-8,10,14,16-17,19-20,31H,5-6,9,11-13H2,1-4H3/t14-,16+,17+,19+,20+,23+,24+,25+,26+/m1/s1. The Hall–Kier alpha value is -1.61. The van der Waals surface area contributed by atoms with Gasteiger partial charge in [0.15, 0.2) is 17.1 Å². The van der Waals surface area contributed by atoms with Gasteiger partial charge in [-0.2, -0.15) is 0 Å². The predicted octanol–water partition coefficient (Wildman–Crippen LogP) is 4.82. The van der Waals surface area contributed by atoms with E-state index in [-0.39, 0.29) is 31.3 Å². The first-order valence-electron chi connectivity index (χ1n) is 12.2. The smallest absolute Gasteiger partial charge is 0.306 e. The Morgan fingerprint density at radius 1 is 1.26 bits per heavy atom. The van der Waals surface area contributed by atoms with Gasteiger partial charge in [0.25, 0.3) is 0 Å². The van der Waals surface area contributed by atoms with Gasteiger partial charge in [-0.1, -0.05) is 26.8 Å². The van der Waals surface area contributed by atoms with Crippen molar-refractivity contribution in [2.45, 2.75) is 83.3 Å². The Labute approximate surface area is 207 Å². The molecule has 0 spiro atoms. The van der Waals surface area contributed by atoms with E-state index in [2.05, 4.69) is 0 Å². The zero-order valence-electron chi connectivity index (χ0n) is 20.5. The molecule has 9 heteroatoms. The molecule has 0 heterocycles. The van der Waals surface area contributed by atoms with Crippen molar-refractivity contribution in [3.05, 3.63) is 23.8 Å². The van der Waals surface area contributed by atoms with Crippen LogP contribution in [0.1, 0.15) is 59.8 Å². The van der Waals surface area contributed by atoms with Crippen molar-refractivity contribution in [1.29, 1.82) is 0 Å². The molecule has 0 aromatic carbocycles. The number of thioether (sulfide) groups is 1. The van der Waals surface area contributed by atoms with E-state index in [1.165, 1.54) is 19.1 Å². The molecular formula is C26H33F3O5S. The van der Waals surface area contributed by atoms with Crippen LogP contribution in [0.2, 0.25) is 0 Å². The van der Waals surface area contributed by atoms with E-state index in [1.54, 1.807) is 20.8 Å². The molecule has 0 aromatic rings. The van der Waals surface area contributed by atoms with Crippen molar-refractivity contribution in [2.24, 2.45) is 28.6 Å². The van der Waals surface area contributed by atoms with Gasteiger partial charge in [-0.3, -0.25) is 14.4 Å². The van der Waals surface area contributed by atoms with Crippen molar-refractivity contribution in [3.8, 4) is 0 Å². The summed E-state index contributed by atoms with van der Waals surface area (Å²) in [6, 6.07) is -1.02. The Balaban J connectivity index is 1.86. The normalized spacial score (nSPS) is 46.3. The van der Waals surface area contributed by atoms with Crippen LogP contribution in [0.25, 0.3) is 0 Å². The molecule has 0 radical (unpaired) electrons. The van der Waals surface area contributed by atoms with E-state index in [0.29, 0.717) is 18.2 Å². The highest BCUT2D eigenvalue weighted by Gasteiger charge is 2.78. The number of aliphatic hydroxyl groups is 1. The van der Waals surface area contributed by atoms with Crippen LogP contribution >= 0.6 is 11.8 Å². The average Bonchev–Trinajstić information content (AvgIpc) is 2.99. The Bertz CT molecular complexity index is 999. The lowest BCUT2D eigenvalue weighted by atomic mass is 9.44. The Morgan fingerprint density at radius 3 is 2.57 bits per heavy atom. The Kier molecular flexibility index (Phi) is 6.61. The van der Waals surface area contributed by atoms with Crippen LogP contribution in [0.5, 0.6) is 0 Å². The molecule has 0 aliphatic heterocycles. The van der Waals surface area contributed by atoms with E-state index in [4.69, 9.17) is 4.74 Å². The van der Waals surface area contributed by atoms with Crippen molar-refractivity contribution in [2.75, 3.05) is 6.01 Å². The fourth-order valence-electron chi connectivity index (χ4n) is 7.81. The second-order valence-electron chi connectivity index (χ2n) is 11.0. The van der Waals surface area contributed by atoms with Crippen LogP contribution in [0, 0.1) is 28.6 Å². The molecule has 35 heavy (non-hydrogen) atoms. The van der Waals surface area contributed by atoms with E-state index >= 15 is 8.78 Å². The van der Waals surface area contributed by atoms with Gasteiger partial charge >= 0.3 is 5.97 Å². The molecular weight excluding hydrogens is 481 g/mol. The number of carbonyl (C=O) groups excluding carboxylic acids is 3. The van der Waals surface area contributed by atoms with E-state index in [9.17, 15) is 23.9 Å². The topological polar surface area (TPSA) is 80.7 Å². The van der Waals surface area contributed by atoms with Gasteiger partial charge in [0.2, 0.25) is 5.12 Å². The molecule has 1 N–H and O–H groups in total. The van der Waals surface area contributed by atoms with Crippen LogP contribution in [-0.4, -0.2) is 51.5 Å². The molecule has 0 aromatic heterocycles. The van der Waals surface area contributed by atoms with Crippen LogP contribution in [0.3, 0.4) is 0 Å². The minimum atomic E-state index is -2.30. The second kappa shape index (κ2) is 8.75. The highest BCUT2D eigenvalue weighted by atomic mass is 32.2. The molecule has 5 nitrogen and oxygen atoms in total. The monoisotopic (exact) mass is 514 g/mol. The minimum absolute atomic E-state index is 0.0159. The van der Waals surface area contributed by atoms with Crippen molar-refractivity contribution in [1.82, 2.24) is 0 Å². The summed E-state index contributed by atoms with van der Waals surface area (Å²) in [7, 11) is 0. The molecule has 4 aliphatic carbocycles. The zero-order chi connectivity index (χ0) is 26.0. The third kappa shape index (κ3) is 3.36. The SMILES string of the molecule is CCCC(=O)O[C@]1(C(=O)SCF)[C@H](C)C[C@H]2[C@@H]3C[C@H](F)C4=CC(=O)C=C[C@]4(C)[C@@]3(F)[C@@H](O)C[C@@]21C. The van der Waals surface area contributed by atoms with Gasteiger partial charge in [0, 0.05) is 29.1 Å². The number of ketones is 1. The lowest BCUT2D eigenvalue weighted by molar-refractivity contribution is -0.228. The van der Waals surface area contributed by atoms with Crippen molar-refractivity contribution < 1.29 is 37.4 Å². The van der Waals surface area contributed by atoms with Crippen LogP contribution in [-0.2, 0) is 19.1 Å². The molecule has 0 bridgehead atoms. The van der Waals surface area contributed by atoms with Gasteiger partial charge in [-0.25, -0.2) is 13.2 Å². The highest BCUT2D eigenvalue weighted by Crippen LogP contribution is 2.72. The van der Waals surface area contributed by atoms with Gasteiger partial charge in [-0.05, 0) is 68.0 Å². The number of esters is 1. The maximum Gasteiger partial charge on any atom is 0.306 e. The second-order valence-corrected chi connectivity index (χ2v) is 11.9. The summed E-state index contributed by atoms with van der Waals surface area (Å²) in [6.07, 6.45) is 0.726. The number of alkyl halides is 3. The number of allylic oxidation sites excluding steroid dienone is 4. The number of hydrogen-bond donors (Lipinski definition) is 1. The zero-order valence-corrected chi connectivity index (χ0v) is 21.3. The molecule has 4 rings (SSSR count). The van der Waals surface area contributed by atoms with Crippen LogP contribution < -0.4 is 0 Å². The maximum atomic E-state index is 17.3. The third-order valence-corrected chi connectivity index (χ3v) is 10.1. The minimum Gasteiger partial charge on any atom is -0.449 e. The summed E-state index contributed by atoms with van der Waals surface area (Å²) in [5.41, 5.74) is -6.84. The quantitative estimate of drug-likeness (QED) is 0.530. The number of fused-ring (bicyclic) bond motifs is 5. The number of aliphatic hydroxyl groups excluding tert-OH is 1. The molecule has 3 saturated carbocycles. The molecule has 0 amide bonds. The first-order chi connectivity index (χ1) is 16.3. The fraction of sp³-hybridized carbons (Fsp3) is 0.731. The molecule has 0 unspecified atom stereocenters. The number of hydrogen-bond acceptors (Lipinski definition) is 6. The van der Waals surface area contributed by atoms with Crippen LogP contribution in [0.4, 0.5) is 13.2 Å². The summed E-state index contributed by atoms with van der Waals surface area (Å²) in [4.78, 5) is 38.1.